The van der Waals surface area contributed by atoms with Crippen molar-refractivity contribution in [2.24, 2.45) is 5.92 Å². The van der Waals surface area contributed by atoms with Crippen molar-refractivity contribution in [1.82, 2.24) is 15.1 Å². The van der Waals surface area contributed by atoms with Crippen LogP contribution in [0.1, 0.15) is 74.6 Å². The van der Waals surface area contributed by atoms with Crippen LogP contribution in [0.25, 0.3) is 0 Å². The lowest BCUT2D eigenvalue weighted by atomic mass is 9.80. The van der Waals surface area contributed by atoms with Gasteiger partial charge in [-0.1, -0.05) is 67.4 Å². The van der Waals surface area contributed by atoms with Gasteiger partial charge in [0.25, 0.3) is 0 Å². The van der Waals surface area contributed by atoms with Crippen LogP contribution in [0, 0.1) is 5.92 Å². The fourth-order valence-electron chi connectivity index (χ4n) is 6.68. The van der Waals surface area contributed by atoms with Gasteiger partial charge < -0.3 is 15.1 Å². The molecule has 5 rings (SSSR count). The molecule has 5 heteroatoms. The first-order valence-electron chi connectivity index (χ1n) is 13.5. The number of piperidine rings is 1. The van der Waals surface area contributed by atoms with E-state index >= 15 is 0 Å². The molecule has 0 bridgehead atoms. The summed E-state index contributed by atoms with van der Waals surface area (Å²) in [5.74, 6) is 0.637. The van der Waals surface area contributed by atoms with E-state index < -0.39 is 0 Å². The Kier molecular flexibility index (Phi) is 7.24. The maximum atomic E-state index is 13.5. The van der Waals surface area contributed by atoms with E-state index in [9.17, 15) is 9.59 Å². The van der Waals surface area contributed by atoms with E-state index in [0.29, 0.717) is 5.91 Å². The van der Waals surface area contributed by atoms with Gasteiger partial charge in [0.1, 0.15) is 0 Å². The fourth-order valence-corrected chi connectivity index (χ4v) is 6.68. The predicted octanol–water partition coefficient (Wildman–Crippen LogP) is 4.82. The number of hydrogen-bond acceptors (Lipinski definition) is 3. The molecule has 1 aliphatic carbocycles. The van der Waals surface area contributed by atoms with Gasteiger partial charge >= 0.3 is 0 Å². The summed E-state index contributed by atoms with van der Waals surface area (Å²) in [6.45, 7) is 5.32. The van der Waals surface area contributed by atoms with Crippen LogP contribution in [0.4, 0.5) is 0 Å². The quantitative estimate of drug-likeness (QED) is 0.654. The topological polar surface area (TPSA) is 52.7 Å². The summed E-state index contributed by atoms with van der Waals surface area (Å²) in [6.07, 6.45) is 8.23. The lowest BCUT2D eigenvalue weighted by Gasteiger charge is -2.44. The molecule has 0 spiro atoms. The number of nitrogens with one attached hydrogen (secondary N) is 1. The second-order valence-electron chi connectivity index (χ2n) is 10.7. The number of benzene rings is 2. The van der Waals surface area contributed by atoms with Gasteiger partial charge in [-0.15, -0.1) is 0 Å². The highest BCUT2D eigenvalue weighted by Crippen LogP contribution is 2.37. The molecule has 2 aromatic carbocycles. The molecule has 0 aromatic heterocycles. The summed E-state index contributed by atoms with van der Waals surface area (Å²) in [5, 5.41) is 3.29. The third-order valence-electron chi connectivity index (χ3n) is 8.57. The number of fused-ring (bicyclic) bond motifs is 1. The molecule has 0 radical (unpaired) electrons. The molecule has 35 heavy (non-hydrogen) atoms. The van der Waals surface area contributed by atoms with Crippen molar-refractivity contribution in [1.29, 1.82) is 0 Å². The van der Waals surface area contributed by atoms with Gasteiger partial charge in [0, 0.05) is 39.0 Å². The molecule has 2 fully saturated rings. The van der Waals surface area contributed by atoms with Crippen molar-refractivity contribution in [3.05, 3.63) is 71.3 Å². The second kappa shape index (κ2) is 10.5. The zero-order valence-electron chi connectivity index (χ0n) is 21.0. The maximum absolute atomic E-state index is 13.5. The molecule has 186 valence electrons. The largest absolute Gasteiger partial charge is 0.347 e. The summed E-state index contributed by atoms with van der Waals surface area (Å²) in [4.78, 5) is 30.3. The van der Waals surface area contributed by atoms with E-state index in [4.69, 9.17) is 0 Å². The van der Waals surface area contributed by atoms with Crippen LogP contribution in [0.5, 0.6) is 0 Å². The van der Waals surface area contributed by atoms with Crippen molar-refractivity contribution in [3.8, 4) is 0 Å². The van der Waals surface area contributed by atoms with Gasteiger partial charge in [-0.05, 0) is 55.2 Å². The minimum absolute atomic E-state index is 0.0298. The number of likely N-dealkylation sites (tertiary alicyclic amines) is 1. The first-order valence-corrected chi connectivity index (χ1v) is 13.5. The highest BCUT2D eigenvalue weighted by Gasteiger charge is 2.38. The van der Waals surface area contributed by atoms with E-state index in [-0.39, 0.29) is 23.4 Å². The lowest BCUT2D eigenvalue weighted by Crippen LogP contribution is -2.53. The number of rotatable bonds is 6. The number of carbonyl (C=O) groups excluding carboxylic acids is 2. The molecule has 1 N–H and O–H groups in total. The first-order chi connectivity index (χ1) is 17.1. The highest BCUT2D eigenvalue weighted by atomic mass is 16.2. The molecule has 1 saturated carbocycles. The number of amides is 2. The molecule has 2 amide bonds. The zero-order valence-corrected chi connectivity index (χ0v) is 21.0. The summed E-state index contributed by atoms with van der Waals surface area (Å²) in [5.41, 5.74) is 3.66. The predicted molar refractivity (Wildman–Crippen MR) is 139 cm³/mol. The molecule has 2 aromatic rings. The van der Waals surface area contributed by atoms with Gasteiger partial charge in [-0.25, -0.2) is 0 Å². The molecule has 2 heterocycles. The summed E-state index contributed by atoms with van der Waals surface area (Å²) in [6, 6.07) is 19.3. The Hall–Kier alpha value is -2.66. The molecule has 1 unspecified atom stereocenters. The van der Waals surface area contributed by atoms with Gasteiger partial charge in [-0.3, -0.25) is 9.59 Å². The standard InChI is InChI=1S/C30H39N3O2/c1-23(34)31-30(26-12-3-2-4-13-26)17-21-32(22-18-30)19-16-28-27-14-8-7-9-24(27)15-20-33(28)29(35)25-10-5-6-11-25/h2-4,7-9,12-14,25,28H,5-6,10-11,15-22H2,1H3,(H,31,34). The number of nitrogens with zero attached hydrogens (tertiary/aromatic N) is 2. The van der Waals surface area contributed by atoms with Gasteiger partial charge in [0.2, 0.25) is 11.8 Å². The average Bonchev–Trinajstić information content (AvgIpc) is 3.43. The Balaban J connectivity index is 1.28. The lowest BCUT2D eigenvalue weighted by molar-refractivity contribution is -0.138. The van der Waals surface area contributed by atoms with E-state index in [0.717, 1.165) is 64.7 Å². The van der Waals surface area contributed by atoms with E-state index in [1.807, 2.05) is 6.07 Å². The van der Waals surface area contributed by atoms with Gasteiger partial charge in [0.05, 0.1) is 11.6 Å². The number of carbonyl (C=O) groups is 2. The summed E-state index contributed by atoms with van der Waals surface area (Å²) >= 11 is 0. The van der Waals surface area contributed by atoms with Crippen LogP contribution < -0.4 is 5.32 Å². The molecular formula is C30H39N3O2. The SMILES string of the molecule is CC(=O)NC1(c2ccccc2)CCN(CCC2c3ccccc3CCN2C(=O)C2CCCC2)CC1. The van der Waals surface area contributed by atoms with Crippen LogP contribution in [0.3, 0.4) is 0 Å². The summed E-state index contributed by atoms with van der Waals surface area (Å²) in [7, 11) is 0. The smallest absolute Gasteiger partial charge is 0.226 e. The Morgan fingerprint density at radius 2 is 1.63 bits per heavy atom. The van der Waals surface area contributed by atoms with E-state index in [1.165, 1.54) is 29.5 Å². The van der Waals surface area contributed by atoms with Gasteiger partial charge in [0.15, 0.2) is 0 Å². The van der Waals surface area contributed by atoms with Crippen molar-refractivity contribution in [2.75, 3.05) is 26.2 Å². The Morgan fingerprint density at radius 1 is 0.943 bits per heavy atom. The molecule has 2 aliphatic heterocycles. The minimum atomic E-state index is -0.286. The zero-order chi connectivity index (χ0) is 24.3. The molecule has 1 atom stereocenters. The van der Waals surface area contributed by atoms with Crippen LogP contribution in [-0.2, 0) is 21.5 Å². The monoisotopic (exact) mass is 473 g/mol. The number of hydrogen-bond donors (Lipinski definition) is 1. The van der Waals surface area contributed by atoms with Crippen molar-refractivity contribution >= 4 is 11.8 Å². The van der Waals surface area contributed by atoms with E-state index in [1.54, 1.807) is 6.92 Å². The normalized spacial score (nSPS) is 22.5. The van der Waals surface area contributed by atoms with Crippen molar-refractivity contribution in [2.45, 2.75) is 69.9 Å². The average molecular weight is 474 g/mol. The van der Waals surface area contributed by atoms with Crippen molar-refractivity contribution in [3.63, 3.8) is 0 Å². The first kappa shape index (κ1) is 24.1. The van der Waals surface area contributed by atoms with Crippen LogP contribution in [-0.4, -0.2) is 47.8 Å². The molecule has 1 saturated heterocycles. The molecule has 5 nitrogen and oxygen atoms in total. The van der Waals surface area contributed by atoms with Crippen LogP contribution in [0.2, 0.25) is 0 Å². The van der Waals surface area contributed by atoms with Crippen LogP contribution in [0.15, 0.2) is 54.6 Å². The third-order valence-corrected chi connectivity index (χ3v) is 8.57. The molecule has 3 aliphatic rings. The van der Waals surface area contributed by atoms with E-state index in [2.05, 4.69) is 63.6 Å². The highest BCUT2D eigenvalue weighted by molar-refractivity contribution is 5.80. The second-order valence-corrected chi connectivity index (χ2v) is 10.7. The Morgan fingerprint density at radius 3 is 2.34 bits per heavy atom. The minimum Gasteiger partial charge on any atom is -0.347 e. The van der Waals surface area contributed by atoms with Crippen LogP contribution >= 0.6 is 0 Å². The summed E-state index contributed by atoms with van der Waals surface area (Å²) < 4.78 is 0. The van der Waals surface area contributed by atoms with Gasteiger partial charge in [-0.2, -0.15) is 0 Å². The Bertz CT molecular complexity index is 1020. The molecular weight excluding hydrogens is 434 g/mol. The third kappa shape index (κ3) is 5.16. The fraction of sp³-hybridized carbons (Fsp3) is 0.533. The Labute approximate surface area is 209 Å². The van der Waals surface area contributed by atoms with Crippen molar-refractivity contribution < 1.29 is 9.59 Å². The maximum Gasteiger partial charge on any atom is 0.226 e.